The van der Waals surface area contributed by atoms with Crippen molar-refractivity contribution in [1.82, 2.24) is 0 Å². The standard InChI is InChI=1S/C30H20OS/c1-4-12-21(13-5-1)27-20-26(30(32-27)23-16-8-3-9-17-23)29-25-19-11-10-18-24(25)28(31-29)22-14-6-2-7-15-22/h1-20H. The number of furan rings is 1. The molecule has 0 fully saturated rings. The zero-order valence-corrected chi connectivity index (χ0v) is 18.2. The molecule has 0 saturated carbocycles. The van der Waals surface area contributed by atoms with E-state index in [1.54, 1.807) is 0 Å². The molecular weight excluding hydrogens is 408 g/mol. The van der Waals surface area contributed by atoms with Crippen molar-refractivity contribution in [3.63, 3.8) is 0 Å². The molecule has 0 aliphatic carbocycles. The van der Waals surface area contributed by atoms with Gasteiger partial charge in [-0.3, -0.25) is 0 Å². The van der Waals surface area contributed by atoms with Crippen LogP contribution in [0.1, 0.15) is 0 Å². The van der Waals surface area contributed by atoms with Crippen LogP contribution in [0, 0.1) is 0 Å². The maximum absolute atomic E-state index is 6.66. The number of rotatable bonds is 4. The van der Waals surface area contributed by atoms with Crippen LogP contribution in [0.3, 0.4) is 0 Å². The molecule has 2 heterocycles. The lowest BCUT2D eigenvalue weighted by Gasteiger charge is -2.02. The summed E-state index contributed by atoms with van der Waals surface area (Å²) in [7, 11) is 0. The first-order valence-corrected chi connectivity index (χ1v) is 11.5. The Morgan fingerprint density at radius 3 is 1.59 bits per heavy atom. The van der Waals surface area contributed by atoms with Gasteiger partial charge in [-0.15, -0.1) is 11.3 Å². The molecule has 6 rings (SSSR count). The maximum atomic E-state index is 6.66. The van der Waals surface area contributed by atoms with E-state index in [4.69, 9.17) is 4.42 Å². The fraction of sp³-hybridized carbons (Fsp3) is 0. The zero-order chi connectivity index (χ0) is 21.3. The molecule has 0 amide bonds. The SMILES string of the molecule is c1ccc(-c2cc(-c3oc(-c4ccccc4)c4ccccc34)c(-c3ccccc3)s2)cc1. The third kappa shape index (κ3) is 3.26. The van der Waals surface area contributed by atoms with E-state index in [1.807, 2.05) is 17.4 Å². The zero-order valence-electron chi connectivity index (χ0n) is 17.4. The van der Waals surface area contributed by atoms with Crippen LogP contribution in [0.5, 0.6) is 0 Å². The topological polar surface area (TPSA) is 13.1 Å². The van der Waals surface area contributed by atoms with Gasteiger partial charge in [0, 0.05) is 31.7 Å². The molecule has 2 aromatic heterocycles. The first-order chi connectivity index (χ1) is 15.9. The number of thiophene rings is 1. The molecule has 4 aromatic carbocycles. The predicted molar refractivity (Wildman–Crippen MR) is 136 cm³/mol. The Kier molecular flexibility index (Phi) is 4.71. The van der Waals surface area contributed by atoms with Crippen molar-refractivity contribution >= 4 is 22.1 Å². The van der Waals surface area contributed by atoms with Crippen LogP contribution in [-0.4, -0.2) is 0 Å². The monoisotopic (exact) mass is 428 g/mol. The average molecular weight is 429 g/mol. The van der Waals surface area contributed by atoms with Crippen LogP contribution < -0.4 is 0 Å². The van der Waals surface area contributed by atoms with E-state index in [1.165, 1.54) is 20.9 Å². The van der Waals surface area contributed by atoms with Crippen molar-refractivity contribution in [2.45, 2.75) is 0 Å². The molecule has 0 spiro atoms. The Morgan fingerprint density at radius 1 is 0.469 bits per heavy atom. The lowest BCUT2D eigenvalue weighted by molar-refractivity contribution is 0.602. The molecule has 1 nitrogen and oxygen atoms in total. The van der Waals surface area contributed by atoms with Gasteiger partial charge in [-0.2, -0.15) is 0 Å². The highest BCUT2D eigenvalue weighted by Gasteiger charge is 2.21. The summed E-state index contributed by atoms with van der Waals surface area (Å²) in [5, 5.41) is 2.28. The minimum Gasteiger partial charge on any atom is -0.455 e. The lowest BCUT2D eigenvalue weighted by atomic mass is 10.0. The van der Waals surface area contributed by atoms with Gasteiger partial charge < -0.3 is 4.42 Å². The molecule has 0 aliphatic rings. The van der Waals surface area contributed by atoms with Gasteiger partial charge in [-0.25, -0.2) is 0 Å². The second-order valence-electron chi connectivity index (χ2n) is 7.76. The van der Waals surface area contributed by atoms with Crippen LogP contribution in [0.2, 0.25) is 0 Å². The average Bonchev–Trinajstić information content (AvgIpc) is 3.48. The number of benzene rings is 4. The predicted octanol–water partition coefficient (Wildman–Crippen LogP) is 9.16. The van der Waals surface area contributed by atoms with E-state index in [-0.39, 0.29) is 0 Å². The van der Waals surface area contributed by atoms with Crippen LogP contribution in [0.25, 0.3) is 54.3 Å². The molecular formula is C30H20OS. The first kappa shape index (κ1) is 18.9. The van der Waals surface area contributed by atoms with Crippen molar-refractivity contribution in [3.05, 3.63) is 121 Å². The van der Waals surface area contributed by atoms with Gasteiger partial charge in [-0.1, -0.05) is 115 Å². The highest BCUT2D eigenvalue weighted by Crippen LogP contribution is 2.47. The van der Waals surface area contributed by atoms with Crippen molar-refractivity contribution < 1.29 is 4.42 Å². The van der Waals surface area contributed by atoms with Crippen molar-refractivity contribution in [3.8, 4) is 43.5 Å². The Balaban J connectivity index is 1.63. The number of hydrogen-bond donors (Lipinski definition) is 0. The van der Waals surface area contributed by atoms with Crippen LogP contribution >= 0.6 is 11.3 Å². The largest absolute Gasteiger partial charge is 0.455 e. The van der Waals surface area contributed by atoms with Crippen LogP contribution in [0.15, 0.2) is 126 Å². The summed E-state index contributed by atoms with van der Waals surface area (Å²) in [5.74, 6) is 1.85. The maximum Gasteiger partial charge on any atom is 0.144 e. The third-order valence-corrected chi connectivity index (χ3v) is 6.96. The molecule has 2 heteroatoms. The molecule has 0 N–H and O–H groups in total. The van der Waals surface area contributed by atoms with E-state index in [9.17, 15) is 0 Å². The third-order valence-electron chi connectivity index (χ3n) is 5.73. The molecule has 0 bridgehead atoms. The first-order valence-electron chi connectivity index (χ1n) is 10.7. The molecule has 0 radical (unpaired) electrons. The number of fused-ring (bicyclic) bond motifs is 1. The van der Waals surface area contributed by atoms with Gasteiger partial charge in [0.1, 0.15) is 11.5 Å². The van der Waals surface area contributed by atoms with Crippen LogP contribution in [-0.2, 0) is 0 Å². The lowest BCUT2D eigenvalue weighted by Crippen LogP contribution is -1.77. The minimum atomic E-state index is 0.919. The fourth-order valence-electron chi connectivity index (χ4n) is 4.20. The van der Waals surface area contributed by atoms with E-state index >= 15 is 0 Å². The van der Waals surface area contributed by atoms with Gasteiger partial charge in [0.15, 0.2) is 0 Å². The van der Waals surface area contributed by atoms with Gasteiger partial charge in [0.2, 0.25) is 0 Å². The smallest absolute Gasteiger partial charge is 0.144 e. The summed E-state index contributed by atoms with van der Waals surface area (Å²) < 4.78 is 6.66. The summed E-state index contributed by atoms with van der Waals surface area (Å²) in [5.41, 5.74) is 4.66. The minimum absolute atomic E-state index is 0.919. The quantitative estimate of drug-likeness (QED) is 0.273. The number of hydrogen-bond acceptors (Lipinski definition) is 2. The van der Waals surface area contributed by atoms with E-state index in [2.05, 4.69) is 115 Å². The van der Waals surface area contributed by atoms with Crippen molar-refractivity contribution in [2.75, 3.05) is 0 Å². The van der Waals surface area contributed by atoms with Gasteiger partial charge in [0.25, 0.3) is 0 Å². The van der Waals surface area contributed by atoms with E-state index < -0.39 is 0 Å². The summed E-state index contributed by atoms with van der Waals surface area (Å²) in [6.45, 7) is 0. The highest BCUT2D eigenvalue weighted by molar-refractivity contribution is 7.19. The Morgan fingerprint density at radius 2 is 0.969 bits per heavy atom. The molecule has 0 atom stereocenters. The van der Waals surface area contributed by atoms with Gasteiger partial charge >= 0.3 is 0 Å². The van der Waals surface area contributed by atoms with Crippen LogP contribution in [0.4, 0.5) is 0 Å². The van der Waals surface area contributed by atoms with Crippen molar-refractivity contribution in [1.29, 1.82) is 0 Å². The van der Waals surface area contributed by atoms with Gasteiger partial charge in [-0.05, 0) is 17.2 Å². The van der Waals surface area contributed by atoms with Crippen molar-refractivity contribution in [2.24, 2.45) is 0 Å². The second kappa shape index (κ2) is 7.99. The summed E-state index contributed by atoms with van der Waals surface area (Å²) in [4.78, 5) is 2.46. The molecule has 152 valence electrons. The molecule has 6 aromatic rings. The molecule has 32 heavy (non-hydrogen) atoms. The highest BCUT2D eigenvalue weighted by atomic mass is 32.1. The summed E-state index contributed by atoms with van der Waals surface area (Å²) in [6, 6.07) is 42.3. The molecule has 0 unspecified atom stereocenters. The van der Waals surface area contributed by atoms with E-state index in [0.717, 1.165) is 33.4 Å². The Hall–Kier alpha value is -3.88. The fourth-order valence-corrected chi connectivity index (χ4v) is 5.37. The second-order valence-corrected chi connectivity index (χ2v) is 8.81. The Labute approximate surface area is 191 Å². The summed E-state index contributed by atoms with van der Waals surface area (Å²) in [6.07, 6.45) is 0. The molecule has 0 aliphatic heterocycles. The Bertz CT molecular complexity index is 1490. The summed E-state index contributed by atoms with van der Waals surface area (Å²) >= 11 is 1.81. The van der Waals surface area contributed by atoms with Gasteiger partial charge in [0.05, 0.1) is 0 Å². The molecule has 0 saturated heterocycles. The normalized spacial score (nSPS) is 11.1. The van der Waals surface area contributed by atoms with E-state index in [0.29, 0.717) is 0 Å².